The van der Waals surface area contributed by atoms with E-state index in [-0.39, 0.29) is 16.5 Å². The van der Waals surface area contributed by atoms with Gasteiger partial charge in [0.25, 0.3) is 5.69 Å². The lowest BCUT2D eigenvalue weighted by Gasteiger charge is -2.23. The minimum atomic E-state index is -3.88. The number of hydrogen-bond acceptors (Lipinski definition) is 5. The zero-order chi connectivity index (χ0) is 16.9. The molecule has 2 atom stereocenters. The van der Waals surface area contributed by atoms with Gasteiger partial charge in [-0.3, -0.25) is 10.1 Å². The molecule has 0 aliphatic heterocycles. The molecule has 0 aromatic heterocycles. The third-order valence-electron chi connectivity index (χ3n) is 3.04. The van der Waals surface area contributed by atoms with Crippen LogP contribution in [0.4, 0.5) is 5.69 Å². The molecule has 0 amide bonds. The Hall–Kier alpha value is -1.77. The second-order valence-electron chi connectivity index (χ2n) is 5.33. The first-order valence-electron chi connectivity index (χ1n) is 6.74. The maximum Gasteiger partial charge on any atom is 0.269 e. The molecule has 0 aliphatic rings. The molecule has 1 aromatic carbocycles. The summed E-state index contributed by atoms with van der Waals surface area (Å²) >= 11 is 0. The molecule has 122 valence electrons. The van der Waals surface area contributed by atoms with Crippen molar-refractivity contribution >= 4 is 15.7 Å². The van der Waals surface area contributed by atoms with Crippen LogP contribution < -0.4 is 4.72 Å². The van der Waals surface area contributed by atoms with E-state index in [1.807, 2.05) is 13.8 Å². The van der Waals surface area contributed by atoms with Crippen molar-refractivity contribution in [2.75, 3.05) is 0 Å². The van der Waals surface area contributed by atoms with Gasteiger partial charge in [0.2, 0.25) is 10.0 Å². The average molecular weight is 328 g/mol. The van der Waals surface area contributed by atoms with Crippen LogP contribution >= 0.6 is 0 Å². The van der Waals surface area contributed by atoms with Gasteiger partial charge >= 0.3 is 0 Å². The first-order chi connectivity index (χ1) is 10.2. The van der Waals surface area contributed by atoms with Crippen molar-refractivity contribution in [3.05, 3.63) is 47.0 Å². The first kappa shape index (κ1) is 18.3. The van der Waals surface area contributed by atoms with E-state index in [1.165, 1.54) is 6.08 Å². The molecular weight excluding hydrogens is 308 g/mol. The topological polar surface area (TPSA) is 110 Å². The molecule has 0 spiro atoms. The Morgan fingerprint density at radius 3 is 2.32 bits per heavy atom. The van der Waals surface area contributed by atoms with Crippen LogP contribution in [0, 0.1) is 16.0 Å². The summed E-state index contributed by atoms with van der Waals surface area (Å²) in [5, 5.41) is 20.4. The second kappa shape index (κ2) is 7.48. The van der Waals surface area contributed by atoms with Crippen molar-refractivity contribution < 1.29 is 18.4 Å². The van der Waals surface area contributed by atoms with Crippen molar-refractivity contribution in [1.82, 2.24) is 4.72 Å². The Bertz CT molecular complexity index is 625. The van der Waals surface area contributed by atoms with Crippen molar-refractivity contribution in [3.63, 3.8) is 0 Å². The van der Waals surface area contributed by atoms with Gasteiger partial charge in [0.1, 0.15) is 0 Å². The van der Waals surface area contributed by atoms with E-state index in [9.17, 15) is 23.6 Å². The van der Waals surface area contributed by atoms with Crippen molar-refractivity contribution in [1.29, 1.82) is 0 Å². The van der Waals surface area contributed by atoms with E-state index in [4.69, 9.17) is 0 Å². The third-order valence-corrected chi connectivity index (χ3v) is 4.55. The number of rotatable bonds is 8. The van der Waals surface area contributed by atoms with Crippen molar-refractivity contribution in [2.24, 2.45) is 5.92 Å². The van der Waals surface area contributed by atoms with Crippen LogP contribution in [0.25, 0.3) is 0 Å². The standard InChI is InChI=1S/C14H20N2O5S/c1-4-14(17)13(9-10(2)3)15-22(20,21)12-7-5-11(6-8-12)16(18)19/h4-8,10,13-15,17H,1,9H2,2-3H3/t13-,14-/m0/s1. The lowest BCUT2D eigenvalue weighted by molar-refractivity contribution is -0.384. The first-order valence-corrected chi connectivity index (χ1v) is 8.23. The number of benzene rings is 1. The van der Waals surface area contributed by atoms with Gasteiger partial charge in [0, 0.05) is 12.1 Å². The number of aliphatic hydroxyl groups excluding tert-OH is 1. The average Bonchev–Trinajstić information content (AvgIpc) is 2.45. The molecule has 0 bridgehead atoms. The Labute approximate surface area is 129 Å². The zero-order valence-electron chi connectivity index (χ0n) is 12.5. The van der Waals surface area contributed by atoms with Gasteiger partial charge in [-0.1, -0.05) is 19.9 Å². The summed E-state index contributed by atoms with van der Waals surface area (Å²) in [6.07, 6.45) is 0.681. The van der Waals surface area contributed by atoms with Crippen LogP contribution in [0.1, 0.15) is 20.3 Å². The highest BCUT2D eigenvalue weighted by molar-refractivity contribution is 7.89. The molecule has 8 heteroatoms. The second-order valence-corrected chi connectivity index (χ2v) is 7.05. The Balaban J connectivity index is 3.00. The number of nitro groups is 1. The fourth-order valence-electron chi connectivity index (χ4n) is 1.94. The van der Waals surface area contributed by atoms with Crippen LogP contribution in [-0.4, -0.2) is 30.6 Å². The Morgan fingerprint density at radius 1 is 1.36 bits per heavy atom. The number of nitrogens with one attached hydrogen (secondary N) is 1. The minimum Gasteiger partial charge on any atom is -0.387 e. The summed E-state index contributed by atoms with van der Waals surface area (Å²) in [4.78, 5) is 9.89. The number of aliphatic hydroxyl groups is 1. The third kappa shape index (κ3) is 4.90. The lowest BCUT2D eigenvalue weighted by Crippen LogP contribution is -2.43. The predicted octanol–water partition coefficient (Wildman–Crippen LogP) is 1.83. The quantitative estimate of drug-likeness (QED) is 0.430. The summed E-state index contributed by atoms with van der Waals surface area (Å²) < 4.78 is 27.0. The minimum absolute atomic E-state index is 0.0943. The normalized spacial score (nSPS) is 14.5. The number of sulfonamides is 1. The van der Waals surface area contributed by atoms with Crippen LogP contribution in [0.5, 0.6) is 0 Å². The maximum atomic E-state index is 12.3. The van der Waals surface area contributed by atoms with Crippen molar-refractivity contribution in [2.45, 2.75) is 37.3 Å². The van der Waals surface area contributed by atoms with Crippen LogP contribution in [-0.2, 0) is 10.0 Å². The number of hydrogen-bond donors (Lipinski definition) is 2. The van der Waals surface area contributed by atoms with Gasteiger partial charge in [-0.05, 0) is 24.5 Å². The molecule has 0 radical (unpaired) electrons. The molecule has 0 aliphatic carbocycles. The highest BCUT2D eigenvalue weighted by Crippen LogP contribution is 2.18. The zero-order valence-corrected chi connectivity index (χ0v) is 13.3. The maximum absolute atomic E-state index is 12.3. The van der Waals surface area contributed by atoms with Crippen LogP contribution in [0.2, 0.25) is 0 Å². The molecule has 0 saturated carbocycles. The fourth-order valence-corrected chi connectivity index (χ4v) is 3.21. The molecule has 0 saturated heterocycles. The molecule has 2 N–H and O–H groups in total. The molecule has 1 rings (SSSR count). The smallest absolute Gasteiger partial charge is 0.269 e. The number of nitro benzene ring substituents is 1. The number of nitrogens with zero attached hydrogens (tertiary/aromatic N) is 1. The predicted molar refractivity (Wildman–Crippen MR) is 82.9 cm³/mol. The molecule has 0 heterocycles. The van der Waals surface area contributed by atoms with Crippen molar-refractivity contribution in [3.8, 4) is 0 Å². The van der Waals surface area contributed by atoms with Gasteiger partial charge in [0.05, 0.1) is 22.0 Å². The Morgan fingerprint density at radius 2 is 1.91 bits per heavy atom. The monoisotopic (exact) mass is 328 g/mol. The molecule has 0 unspecified atom stereocenters. The van der Waals surface area contributed by atoms with E-state index in [1.54, 1.807) is 0 Å². The molecule has 22 heavy (non-hydrogen) atoms. The molecule has 0 fully saturated rings. The van der Waals surface area contributed by atoms with E-state index in [0.717, 1.165) is 24.3 Å². The van der Waals surface area contributed by atoms with E-state index in [2.05, 4.69) is 11.3 Å². The largest absolute Gasteiger partial charge is 0.387 e. The van der Waals surface area contributed by atoms with Crippen LogP contribution in [0.3, 0.4) is 0 Å². The van der Waals surface area contributed by atoms with E-state index < -0.39 is 27.1 Å². The van der Waals surface area contributed by atoms with Gasteiger partial charge in [0.15, 0.2) is 0 Å². The van der Waals surface area contributed by atoms with Crippen LogP contribution in [0.15, 0.2) is 41.8 Å². The summed E-state index contributed by atoms with van der Waals surface area (Å²) in [6, 6.07) is 3.85. The van der Waals surface area contributed by atoms with Gasteiger partial charge in [-0.2, -0.15) is 0 Å². The summed E-state index contributed by atoms with van der Waals surface area (Å²) in [6.45, 7) is 7.27. The van der Waals surface area contributed by atoms with Gasteiger partial charge in [-0.25, -0.2) is 13.1 Å². The highest BCUT2D eigenvalue weighted by atomic mass is 32.2. The molecule has 7 nitrogen and oxygen atoms in total. The van der Waals surface area contributed by atoms with Gasteiger partial charge in [-0.15, -0.1) is 6.58 Å². The SMILES string of the molecule is C=C[C@H](O)[C@H](CC(C)C)NS(=O)(=O)c1ccc([N+](=O)[O-])cc1. The van der Waals surface area contributed by atoms with E-state index in [0.29, 0.717) is 6.42 Å². The molecule has 1 aromatic rings. The van der Waals surface area contributed by atoms with E-state index >= 15 is 0 Å². The summed E-state index contributed by atoms with van der Waals surface area (Å²) in [5.41, 5.74) is -0.191. The fraction of sp³-hybridized carbons (Fsp3) is 0.429. The Kier molecular flexibility index (Phi) is 6.21. The molecular formula is C14H20N2O5S. The summed E-state index contributed by atoms with van der Waals surface area (Å²) in [7, 11) is -3.88. The summed E-state index contributed by atoms with van der Waals surface area (Å²) in [5.74, 6) is 0.166. The lowest BCUT2D eigenvalue weighted by atomic mass is 10.0. The number of non-ortho nitro benzene ring substituents is 1. The highest BCUT2D eigenvalue weighted by Gasteiger charge is 2.25. The van der Waals surface area contributed by atoms with Gasteiger partial charge < -0.3 is 5.11 Å².